The van der Waals surface area contributed by atoms with Crippen LogP contribution in [0.1, 0.15) is 23.1 Å². The number of nitrogens with zero attached hydrogens (tertiary/aromatic N) is 1. The highest BCUT2D eigenvalue weighted by Gasteiger charge is 2.15. The molecular formula is C17H20BNO2. The molecule has 0 unspecified atom stereocenters. The van der Waals surface area contributed by atoms with Crippen LogP contribution in [0.4, 0.5) is 0 Å². The number of aryl methyl sites for hydroxylation is 1. The average Bonchev–Trinajstić information content (AvgIpc) is 2.69. The maximum absolute atomic E-state index is 9.13. The van der Waals surface area contributed by atoms with E-state index in [-0.39, 0.29) is 0 Å². The van der Waals surface area contributed by atoms with Crippen LogP contribution in [-0.4, -0.2) is 28.6 Å². The summed E-state index contributed by atoms with van der Waals surface area (Å²) in [4.78, 5) is 2.45. The second kappa shape index (κ2) is 6.44. The predicted molar refractivity (Wildman–Crippen MR) is 85.1 cm³/mol. The first-order valence-electron chi connectivity index (χ1n) is 7.46. The van der Waals surface area contributed by atoms with Gasteiger partial charge in [-0.2, -0.15) is 0 Å². The molecule has 0 radical (unpaired) electrons. The molecule has 0 saturated carbocycles. The van der Waals surface area contributed by atoms with Crippen molar-refractivity contribution in [3.8, 4) is 0 Å². The summed E-state index contributed by atoms with van der Waals surface area (Å²) >= 11 is 0. The third-order valence-electron chi connectivity index (χ3n) is 4.12. The zero-order valence-electron chi connectivity index (χ0n) is 12.1. The van der Waals surface area contributed by atoms with Crippen LogP contribution in [0.5, 0.6) is 0 Å². The zero-order chi connectivity index (χ0) is 14.7. The van der Waals surface area contributed by atoms with Gasteiger partial charge in [0, 0.05) is 13.1 Å². The van der Waals surface area contributed by atoms with Gasteiger partial charge in [-0.1, -0.05) is 48.5 Å². The minimum Gasteiger partial charge on any atom is -0.423 e. The first-order valence-corrected chi connectivity index (χ1v) is 7.46. The summed E-state index contributed by atoms with van der Waals surface area (Å²) in [7, 11) is -1.39. The van der Waals surface area contributed by atoms with Gasteiger partial charge in [-0.05, 0) is 41.5 Å². The molecule has 1 heterocycles. The highest BCUT2D eigenvalue weighted by molar-refractivity contribution is 6.58. The van der Waals surface area contributed by atoms with Gasteiger partial charge < -0.3 is 10.0 Å². The molecule has 1 aliphatic rings. The summed E-state index contributed by atoms with van der Waals surface area (Å²) < 4.78 is 0. The van der Waals surface area contributed by atoms with E-state index in [1.54, 1.807) is 12.1 Å². The molecule has 3 nitrogen and oxygen atoms in total. The van der Waals surface area contributed by atoms with Crippen molar-refractivity contribution in [2.45, 2.75) is 25.9 Å². The van der Waals surface area contributed by atoms with Crippen LogP contribution < -0.4 is 5.46 Å². The third kappa shape index (κ3) is 3.53. The van der Waals surface area contributed by atoms with Crippen LogP contribution in [-0.2, 0) is 19.5 Å². The summed E-state index contributed by atoms with van der Waals surface area (Å²) in [5, 5.41) is 18.3. The van der Waals surface area contributed by atoms with E-state index in [2.05, 4.69) is 29.2 Å². The monoisotopic (exact) mass is 281 g/mol. The van der Waals surface area contributed by atoms with Gasteiger partial charge in [0.1, 0.15) is 0 Å². The van der Waals surface area contributed by atoms with E-state index >= 15 is 0 Å². The molecule has 21 heavy (non-hydrogen) atoms. The fraction of sp³-hybridized carbons (Fsp3) is 0.294. The van der Waals surface area contributed by atoms with Crippen molar-refractivity contribution >= 4 is 12.6 Å². The van der Waals surface area contributed by atoms with Crippen molar-refractivity contribution in [1.82, 2.24) is 4.90 Å². The minimum absolute atomic E-state index is 0.542. The average molecular weight is 281 g/mol. The molecule has 0 amide bonds. The van der Waals surface area contributed by atoms with E-state index in [9.17, 15) is 0 Å². The van der Waals surface area contributed by atoms with Gasteiger partial charge in [0.05, 0.1) is 0 Å². The van der Waals surface area contributed by atoms with Crippen molar-refractivity contribution in [3.63, 3.8) is 0 Å². The van der Waals surface area contributed by atoms with Gasteiger partial charge >= 0.3 is 7.12 Å². The molecule has 4 heteroatoms. The maximum atomic E-state index is 9.13. The van der Waals surface area contributed by atoms with Crippen molar-refractivity contribution in [1.29, 1.82) is 0 Å². The summed E-state index contributed by atoms with van der Waals surface area (Å²) in [6.45, 7) is 2.98. The Bertz CT molecular complexity index is 598. The molecule has 1 aliphatic heterocycles. The lowest BCUT2D eigenvalue weighted by molar-refractivity contribution is 0.261. The molecule has 0 bridgehead atoms. The fourth-order valence-electron chi connectivity index (χ4n) is 2.96. The summed E-state index contributed by atoms with van der Waals surface area (Å²) in [6.07, 6.45) is 2.34. The molecule has 2 aromatic carbocycles. The maximum Gasteiger partial charge on any atom is 0.488 e. The van der Waals surface area contributed by atoms with Gasteiger partial charge in [0.2, 0.25) is 0 Å². The summed E-state index contributed by atoms with van der Waals surface area (Å²) in [6, 6.07) is 16.2. The number of benzene rings is 2. The van der Waals surface area contributed by atoms with Gasteiger partial charge in [0.15, 0.2) is 0 Å². The lowest BCUT2D eigenvalue weighted by atomic mass is 9.80. The largest absolute Gasteiger partial charge is 0.488 e. The Hall–Kier alpha value is -1.62. The number of fused-ring (bicyclic) bond motifs is 1. The van der Waals surface area contributed by atoms with E-state index in [0.29, 0.717) is 5.46 Å². The van der Waals surface area contributed by atoms with Crippen molar-refractivity contribution in [2.75, 3.05) is 6.54 Å². The van der Waals surface area contributed by atoms with Crippen LogP contribution in [0.15, 0.2) is 48.5 Å². The SMILES string of the molecule is OB(O)c1ccc(CN2CCCc3ccccc3C2)cc1. The first-order chi connectivity index (χ1) is 10.2. The van der Waals surface area contributed by atoms with Crippen molar-refractivity contribution < 1.29 is 10.0 Å². The first kappa shape index (κ1) is 14.3. The lowest BCUT2D eigenvalue weighted by Gasteiger charge is -2.20. The molecule has 3 rings (SSSR count). The standard InChI is InChI=1S/C17H20BNO2/c20-18(21)17-9-7-14(8-10-17)12-19-11-3-6-15-4-1-2-5-16(15)13-19/h1-2,4-5,7-10,20-21H,3,6,11-13H2. The highest BCUT2D eigenvalue weighted by atomic mass is 16.4. The molecule has 0 fully saturated rings. The number of hydrogen-bond acceptors (Lipinski definition) is 3. The third-order valence-corrected chi connectivity index (χ3v) is 4.12. The van der Waals surface area contributed by atoms with Crippen LogP contribution in [0.3, 0.4) is 0 Å². The molecule has 2 aromatic rings. The Morgan fingerprint density at radius 2 is 1.67 bits per heavy atom. The predicted octanol–water partition coefficient (Wildman–Crippen LogP) is 1.31. The van der Waals surface area contributed by atoms with Crippen molar-refractivity contribution in [2.24, 2.45) is 0 Å². The van der Waals surface area contributed by atoms with E-state index < -0.39 is 7.12 Å². The van der Waals surface area contributed by atoms with Gasteiger partial charge in [-0.25, -0.2) is 0 Å². The van der Waals surface area contributed by atoms with Crippen LogP contribution in [0.25, 0.3) is 0 Å². The summed E-state index contributed by atoms with van der Waals surface area (Å²) in [5.41, 5.74) is 4.65. The number of hydrogen-bond donors (Lipinski definition) is 2. The molecule has 0 saturated heterocycles. The van der Waals surface area contributed by atoms with Crippen LogP contribution in [0.2, 0.25) is 0 Å². The molecule has 2 N–H and O–H groups in total. The Labute approximate surface area is 126 Å². The Morgan fingerprint density at radius 3 is 2.38 bits per heavy atom. The Balaban J connectivity index is 1.70. The van der Waals surface area contributed by atoms with Gasteiger partial charge in [-0.3, -0.25) is 4.90 Å². The fourth-order valence-corrected chi connectivity index (χ4v) is 2.96. The molecule has 0 aromatic heterocycles. The minimum atomic E-state index is -1.39. The Kier molecular flexibility index (Phi) is 4.39. The molecule has 0 atom stereocenters. The molecule has 0 aliphatic carbocycles. The van der Waals surface area contributed by atoms with E-state index in [1.165, 1.54) is 23.1 Å². The van der Waals surface area contributed by atoms with Crippen molar-refractivity contribution in [3.05, 3.63) is 65.2 Å². The van der Waals surface area contributed by atoms with Gasteiger partial charge in [-0.15, -0.1) is 0 Å². The lowest BCUT2D eigenvalue weighted by Crippen LogP contribution is -2.30. The number of rotatable bonds is 3. The summed E-state index contributed by atoms with van der Waals surface area (Å²) in [5.74, 6) is 0. The molecular weight excluding hydrogens is 261 g/mol. The van der Waals surface area contributed by atoms with E-state index in [1.807, 2.05) is 12.1 Å². The Morgan fingerprint density at radius 1 is 0.952 bits per heavy atom. The van der Waals surface area contributed by atoms with E-state index in [0.717, 1.165) is 26.1 Å². The zero-order valence-corrected chi connectivity index (χ0v) is 12.1. The van der Waals surface area contributed by atoms with Crippen LogP contribution in [0, 0.1) is 0 Å². The van der Waals surface area contributed by atoms with Gasteiger partial charge in [0.25, 0.3) is 0 Å². The normalized spacial score (nSPS) is 15.3. The second-order valence-corrected chi connectivity index (χ2v) is 5.70. The smallest absolute Gasteiger partial charge is 0.423 e. The van der Waals surface area contributed by atoms with Crippen LogP contribution >= 0.6 is 0 Å². The highest BCUT2D eigenvalue weighted by Crippen LogP contribution is 2.19. The topological polar surface area (TPSA) is 43.7 Å². The molecule has 0 spiro atoms. The molecule has 108 valence electrons. The second-order valence-electron chi connectivity index (χ2n) is 5.70. The quantitative estimate of drug-likeness (QED) is 0.834. The van der Waals surface area contributed by atoms with E-state index in [4.69, 9.17) is 10.0 Å².